The molecule has 0 fully saturated rings. The van der Waals surface area contributed by atoms with Crippen molar-refractivity contribution in [2.75, 3.05) is 13.2 Å². The molecule has 0 aromatic carbocycles. The van der Waals surface area contributed by atoms with Gasteiger partial charge in [-0.3, -0.25) is 14.4 Å². The molecule has 0 aromatic rings. The number of carbonyl (C=O) groups is 3. The summed E-state index contributed by atoms with van der Waals surface area (Å²) < 4.78 is 16.8. The number of carbonyl (C=O) groups excluding carboxylic acids is 3. The molecule has 0 heterocycles. The van der Waals surface area contributed by atoms with Crippen LogP contribution in [0.3, 0.4) is 0 Å². The second-order valence-corrected chi connectivity index (χ2v) is 19.9. The Balaban J connectivity index is 4.07. The second-order valence-electron chi connectivity index (χ2n) is 19.9. The quantitative estimate of drug-likeness (QED) is 0.0344. The summed E-state index contributed by atoms with van der Waals surface area (Å²) >= 11 is 0. The topological polar surface area (TPSA) is 78.9 Å². The third-order valence-corrected chi connectivity index (χ3v) is 13.4. The zero-order chi connectivity index (χ0) is 46.5. The van der Waals surface area contributed by atoms with Crippen molar-refractivity contribution in [3.05, 3.63) is 0 Å². The molecule has 0 saturated carbocycles. The lowest BCUT2D eigenvalue weighted by molar-refractivity contribution is -0.167. The summed E-state index contributed by atoms with van der Waals surface area (Å²) in [6.45, 7) is 6.65. The second kappa shape index (κ2) is 54.0. The van der Waals surface area contributed by atoms with Crippen molar-refractivity contribution < 1.29 is 28.6 Å². The molecule has 1 atom stereocenters. The molecule has 6 heteroatoms. The number of hydrogen-bond acceptors (Lipinski definition) is 6. The van der Waals surface area contributed by atoms with Crippen LogP contribution < -0.4 is 0 Å². The van der Waals surface area contributed by atoms with E-state index in [9.17, 15) is 14.4 Å². The summed E-state index contributed by atoms with van der Waals surface area (Å²) in [6, 6.07) is 0. The van der Waals surface area contributed by atoms with Gasteiger partial charge in [0.2, 0.25) is 0 Å². The molecule has 0 N–H and O–H groups in total. The van der Waals surface area contributed by atoms with Crippen molar-refractivity contribution in [1.82, 2.24) is 0 Å². The molecule has 64 heavy (non-hydrogen) atoms. The highest BCUT2D eigenvalue weighted by Crippen LogP contribution is 2.18. The van der Waals surface area contributed by atoms with Crippen LogP contribution in [0.25, 0.3) is 0 Å². The minimum absolute atomic E-state index is 0.0622. The third kappa shape index (κ3) is 51.4. The van der Waals surface area contributed by atoms with E-state index >= 15 is 0 Å². The molecule has 0 aliphatic carbocycles. The Morgan fingerprint density at radius 2 is 0.422 bits per heavy atom. The number of esters is 3. The molecule has 0 aliphatic heterocycles. The van der Waals surface area contributed by atoms with Gasteiger partial charge < -0.3 is 14.2 Å². The summed E-state index contributed by atoms with van der Waals surface area (Å²) in [6.07, 6.45) is 59.9. The van der Waals surface area contributed by atoms with E-state index in [1.807, 2.05) is 0 Å². The highest BCUT2D eigenvalue weighted by molar-refractivity contribution is 5.71. The van der Waals surface area contributed by atoms with Crippen LogP contribution in [0.1, 0.15) is 335 Å². The Morgan fingerprint density at radius 3 is 0.625 bits per heavy atom. The molecule has 0 saturated heterocycles. The van der Waals surface area contributed by atoms with Gasteiger partial charge in [-0.05, 0) is 19.3 Å². The van der Waals surface area contributed by atoms with Crippen molar-refractivity contribution >= 4 is 17.9 Å². The molecule has 0 bridgehead atoms. The van der Waals surface area contributed by atoms with Gasteiger partial charge in [0.05, 0.1) is 0 Å². The maximum absolute atomic E-state index is 12.8. The van der Waals surface area contributed by atoms with Crippen LogP contribution in [0.2, 0.25) is 0 Å². The number of ether oxygens (including phenoxy) is 3. The predicted octanol–water partition coefficient (Wildman–Crippen LogP) is 19.2. The molecule has 6 nitrogen and oxygen atoms in total. The van der Waals surface area contributed by atoms with Gasteiger partial charge in [-0.1, -0.05) is 297 Å². The molecule has 1 unspecified atom stereocenters. The highest BCUT2D eigenvalue weighted by atomic mass is 16.6. The van der Waals surface area contributed by atoms with Gasteiger partial charge in [-0.15, -0.1) is 0 Å². The summed E-state index contributed by atoms with van der Waals surface area (Å²) in [5.74, 6) is -0.846. The van der Waals surface area contributed by atoms with Crippen molar-refractivity contribution in [2.45, 2.75) is 341 Å². The lowest BCUT2D eigenvalue weighted by Crippen LogP contribution is -2.30. The fourth-order valence-electron chi connectivity index (χ4n) is 8.98. The van der Waals surface area contributed by atoms with E-state index in [0.29, 0.717) is 19.3 Å². The minimum atomic E-state index is -0.759. The Kier molecular flexibility index (Phi) is 52.7. The Hall–Kier alpha value is -1.59. The summed E-state index contributed by atoms with van der Waals surface area (Å²) in [5, 5.41) is 0. The molecule has 0 spiro atoms. The van der Waals surface area contributed by atoms with E-state index in [1.165, 1.54) is 238 Å². The smallest absolute Gasteiger partial charge is 0.306 e. The maximum atomic E-state index is 12.8. The fourth-order valence-corrected chi connectivity index (χ4v) is 8.98. The first kappa shape index (κ1) is 62.4. The Bertz CT molecular complexity index is 951. The van der Waals surface area contributed by atoms with E-state index in [0.717, 1.165) is 57.8 Å². The van der Waals surface area contributed by atoms with E-state index in [1.54, 1.807) is 0 Å². The molecular formula is C58H112O6. The minimum Gasteiger partial charge on any atom is -0.462 e. The van der Waals surface area contributed by atoms with Crippen LogP contribution in [-0.2, 0) is 28.6 Å². The van der Waals surface area contributed by atoms with Gasteiger partial charge in [0.1, 0.15) is 13.2 Å². The fraction of sp³-hybridized carbons (Fsp3) is 0.948. The van der Waals surface area contributed by atoms with Crippen molar-refractivity contribution in [2.24, 2.45) is 0 Å². The standard InChI is InChI=1S/C58H112O6/c1-4-7-10-13-16-18-20-22-24-26-28-29-31-32-34-36-38-40-42-45-48-51-57(60)63-54-55(53-62-56(59)50-47-44-15-12-9-6-3)64-58(61)52-49-46-43-41-39-37-35-33-30-27-25-23-21-19-17-14-11-8-5-2/h55H,4-54H2,1-3H3. The van der Waals surface area contributed by atoms with Gasteiger partial charge >= 0.3 is 17.9 Å². The van der Waals surface area contributed by atoms with Gasteiger partial charge in [0.15, 0.2) is 6.10 Å². The lowest BCUT2D eigenvalue weighted by atomic mass is 10.0. The average molecular weight is 906 g/mol. The third-order valence-electron chi connectivity index (χ3n) is 13.4. The highest BCUT2D eigenvalue weighted by Gasteiger charge is 2.19. The molecule has 0 rings (SSSR count). The van der Waals surface area contributed by atoms with Gasteiger partial charge in [0, 0.05) is 19.3 Å². The number of hydrogen-bond donors (Lipinski definition) is 0. The van der Waals surface area contributed by atoms with E-state index in [4.69, 9.17) is 14.2 Å². The van der Waals surface area contributed by atoms with Gasteiger partial charge in [0.25, 0.3) is 0 Å². The van der Waals surface area contributed by atoms with Crippen LogP contribution in [0.5, 0.6) is 0 Å². The van der Waals surface area contributed by atoms with Crippen molar-refractivity contribution in [3.8, 4) is 0 Å². The predicted molar refractivity (Wildman–Crippen MR) is 275 cm³/mol. The van der Waals surface area contributed by atoms with E-state index in [-0.39, 0.29) is 31.1 Å². The van der Waals surface area contributed by atoms with Crippen LogP contribution in [0, 0.1) is 0 Å². The number of rotatable bonds is 54. The monoisotopic (exact) mass is 905 g/mol. The van der Waals surface area contributed by atoms with E-state index in [2.05, 4.69) is 20.8 Å². The molecule has 0 aromatic heterocycles. The summed E-state index contributed by atoms with van der Waals surface area (Å²) in [7, 11) is 0. The lowest BCUT2D eigenvalue weighted by Gasteiger charge is -2.18. The van der Waals surface area contributed by atoms with Crippen LogP contribution in [-0.4, -0.2) is 37.2 Å². The molecule has 0 aliphatic rings. The normalized spacial score (nSPS) is 11.9. The zero-order valence-electron chi connectivity index (χ0n) is 43.6. The average Bonchev–Trinajstić information content (AvgIpc) is 3.29. The van der Waals surface area contributed by atoms with Gasteiger partial charge in [-0.2, -0.15) is 0 Å². The first-order valence-corrected chi connectivity index (χ1v) is 29.0. The maximum Gasteiger partial charge on any atom is 0.306 e. The molecular weight excluding hydrogens is 793 g/mol. The summed E-state index contributed by atoms with van der Waals surface area (Å²) in [5.41, 5.74) is 0. The largest absolute Gasteiger partial charge is 0.462 e. The first-order chi connectivity index (χ1) is 31.5. The first-order valence-electron chi connectivity index (χ1n) is 29.0. The van der Waals surface area contributed by atoms with Crippen LogP contribution in [0.4, 0.5) is 0 Å². The van der Waals surface area contributed by atoms with Crippen molar-refractivity contribution in [1.29, 1.82) is 0 Å². The molecule has 0 radical (unpaired) electrons. The Morgan fingerprint density at radius 1 is 0.250 bits per heavy atom. The van der Waals surface area contributed by atoms with Crippen LogP contribution in [0.15, 0.2) is 0 Å². The van der Waals surface area contributed by atoms with E-state index < -0.39 is 6.10 Å². The Labute approximate surface area is 399 Å². The molecule has 0 amide bonds. The van der Waals surface area contributed by atoms with Gasteiger partial charge in [-0.25, -0.2) is 0 Å². The van der Waals surface area contributed by atoms with Crippen molar-refractivity contribution in [3.63, 3.8) is 0 Å². The summed E-state index contributed by atoms with van der Waals surface area (Å²) in [4.78, 5) is 37.9. The number of unbranched alkanes of at least 4 members (excludes halogenated alkanes) is 43. The molecule has 380 valence electrons. The van der Waals surface area contributed by atoms with Crippen LogP contribution >= 0.6 is 0 Å². The SMILES string of the molecule is CCCCCCCCCCCCCCCCCCCCCCCC(=O)OCC(COC(=O)CCCCCCCC)OC(=O)CCCCCCCCCCCCCCCCCCCCC. The zero-order valence-corrected chi connectivity index (χ0v) is 43.6.